The lowest BCUT2D eigenvalue weighted by atomic mass is 10.0. The topological polar surface area (TPSA) is 93.9 Å². The summed E-state index contributed by atoms with van der Waals surface area (Å²) < 4.78 is 39.3. The van der Waals surface area contributed by atoms with Crippen LogP contribution in [-0.4, -0.2) is 39.2 Å². The fourth-order valence-corrected chi connectivity index (χ4v) is 3.94. The molecule has 116 valence electrons. The van der Waals surface area contributed by atoms with Gasteiger partial charge in [0, 0.05) is 19.2 Å². The smallest absolute Gasteiger partial charge is 0.301 e. The van der Waals surface area contributed by atoms with Crippen LogP contribution in [0.4, 0.5) is 5.69 Å². The molecule has 2 heterocycles. The van der Waals surface area contributed by atoms with Crippen LogP contribution in [0.2, 0.25) is 0 Å². The molecule has 1 aromatic carbocycles. The summed E-state index contributed by atoms with van der Waals surface area (Å²) in [5, 5.41) is 0. The van der Waals surface area contributed by atoms with Gasteiger partial charge < -0.3 is 15.2 Å². The molecular weight excluding hydrogens is 294 g/mol. The first-order valence-corrected chi connectivity index (χ1v) is 8.40. The molecule has 3 N–H and O–H groups in total. The highest BCUT2D eigenvalue weighted by Crippen LogP contribution is 2.34. The minimum Gasteiger partial charge on any atom is -0.454 e. The molecule has 0 amide bonds. The molecule has 1 saturated heterocycles. The molecule has 0 aromatic heterocycles. The van der Waals surface area contributed by atoms with Crippen molar-refractivity contribution in [1.82, 2.24) is 4.31 Å². The summed E-state index contributed by atoms with van der Waals surface area (Å²) in [7, 11) is -3.57. The molecule has 21 heavy (non-hydrogen) atoms. The van der Waals surface area contributed by atoms with Crippen molar-refractivity contribution in [3.8, 4) is 11.5 Å². The Bertz CT molecular complexity index is 620. The van der Waals surface area contributed by atoms with E-state index in [1.54, 1.807) is 18.2 Å². The maximum atomic E-state index is 12.4. The monoisotopic (exact) mass is 313 g/mol. The van der Waals surface area contributed by atoms with E-state index in [0.29, 0.717) is 36.8 Å². The second kappa shape index (κ2) is 5.70. The summed E-state index contributed by atoms with van der Waals surface area (Å²) in [5.74, 6) is 1.40. The van der Waals surface area contributed by atoms with Crippen LogP contribution >= 0.6 is 0 Å². The molecule has 0 saturated carbocycles. The van der Waals surface area contributed by atoms with Crippen LogP contribution in [0.25, 0.3) is 0 Å². The second-order valence-corrected chi connectivity index (χ2v) is 6.95. The molecule has 0 spiro atoms. The quantitative estimate of drug-likeness (QED) is 0.855. The number of nitrogens with one attached hydrogen (secondary N) is 1. The summed E-state index contributed by atoms with van der Waals surface area (Å²) in [6.07, 6.45) is 1.82. The zero-order chi connectivity index (χ0) is 14.9. The summed E-state index contributed by atoms with van der Waals surface area (Å²) in [4.78, 5) is 0. The molecule has 0 bridgehead atoms. The van der Waals surface area contributed by atoms with E-state index in [0.717, 1.165) is 12.8 Å². The number of hydrogen-bond donors (Lipinski definition) is 2. The van der Waals surface area contributed by atoms with Gasteiger partial charge in [-0.15, -0.1) is 0 Å². The van der Waals surface area contributed by atoms with Crippen LogP contribution in [0.3, 0.4) is 0 Å². The molecule has 0 radical (unpaired) electrons. The third kappa shape index (κ3) is 3.07. The van der Waals surface area contributed by atoms with Crippen molar-refractivity contribution in [1.29, 1.82) is 0 Å². The van der Waals surface area contributed by atoms with E-state index in [-0.39, 0.29) is 12.7 Å². The molecule has 2 aliphatic rings. The Morgan fingerprint density at radius 2 is 2.14 bits per heavy atom. The SMILES string of the molecule is NCC1CCCN(S(=O)(=O)Nc2ccc3c(c2)OCO3)C1. The fraction of sp³-hybridized carbons (Fsp3) is 0.538. The molecule has 1 aromatic rings. The first-order chi connectivity index (χ1) is 10.1. The summed E-state index contributed by atoms with van der Waals surface area (Å²) in [5.41, 5.74) is 6.12. The van der Waals surface area contributed by atoms with Crippen molar-refractivity contribution in [3.05, 3.63) is 18.2 Å². The molecule has 1 fully saturated rings. The van der Waals surface area contributed by atoms with E-state index in [1.807, 2.05) is 0 Å². The Kier molecular flexibility index (Phi) is 3.92. The number of benzene rings is 1. The lowest BCUT2D eigenvalue weighted by Crippen LogP contribution is -2.44. The number of piperidine rings is 1. The maximum absolute atomic E-state index is 12.4. The predicted molar refractivity (Wildman–Crippen MR) is 78.5 cm³/mol. The predicted octanol–water partition coefficient (Wildman–Crippen LogP) is 0.743. The summed E-state index contributed by atoms with van der Waals surface area (Å²) in [6.45, 7) is 1.67. The van der Waals surface area contributed by atoms with Gasteiger partial charge in [-0.1, -0.05) is 0 Å². The summed E-state index contributed by atoms with van der Waals surface area (Å²) in [6, 6.07) is 4.98. The van der Waals surface area contributed by atoms with Gasteiger partial charge in [0.2, 0.25) is 6.79 Å². The number of rotatable bonds is 4. The van der Waals surface area contributed by atoms with Crippen molar-refractivity contribution >= 4 is 15.9 Å². The number of hydrogen-bond acceptors (Lipinski definition) is 5. The fourth-order valence-electron chi connectivity index (χ4n) is 2.61. The lowest BCUT2D eigenvalue weighted by molar-refractivity contribution is 0.174. The molecule has 1 unspecified atom stereocenters. The number of fused-ring (bicyclic) bond motifs is 1. The van der Waals surface area contributed by atoms with Crippen molar-refractivity contribution in [2.24, 2.45) is 11.7 Å². The number of ether oxygens (including phenoxy) is 2. The third-order valence-electron chi connectivity index (χ3n) is 3.77. The molecule has 3 rings (SSSR count). The van der Waals surface area contributed by atoms with Crippen LogP contribution in [0, 0.1) is 5.92 Å². The van der Waals surface area contributed by atoms with Crippen molar-refractivity contribution in [3.63, 3.8) is 0 Å². The van der Waals surface area contributed by atoms with Crippen LogP contribution in [0.5, 0.6) is 11.5 Å². The van der Waals surface area contributed by atoms with Gasteiger partial charge in [0.1, 0.15) is 0 Å². The van der Waals surface area contributed by atoms with E-state index in [2.05, 4.69) is 4.72 Å². The normalized spacial score (nSPS) is 22.2. The van der Waals surface area contributed by atoms with Gasteiger partial charge in [0.15, 0.2) is 11.5 Å². The van der Waals surface area contributed by atoms with E-state index in [9.17, 15) is 8.42 Å². The highest BCUT2D eigenvalue weighted by atomic mass is 32.2. The number of anilines is 1. The van der Waals surface area contributed by atoms with Gasteiger partial charge >= 0.3 is 10.2 Å². The molecule has 7 nitrogen and oxygen atoms in total. The van der Waals surface area contributed by atoms with E-state index in [1.165, 1.54) is 4.31 Å². The first kappa shape index (κ1) is 14.4. The van der Waals surface area contributed by atoms with Gasteiger partial charge in [-0.3, -0.25) is 4.72 Å². The van der Waals surface area contributed by atoms with Crippen molar-refractivity contribution < 1.29 is 17.9 Å². The average molecular weight is 313 g/mol. The van der Waals surface area contributed by atoms with Gasteiger partial charge in [-0.2, -0.15) is 12.7 Å². The van der Waals surface area contributed by atoms with E-state index < -0.39 is 10.2 Å². The van der Waals surface area contributed by atoms with Gasteiger partial charge in [-0.05, 0) is 37.4 Å². The minimum atomic E-state index is -3.57. The highest BCUT2D eigenvalue weighted by Gasteiger charge is 2.28. The van der Waals surface area contributed by atoms with Crippen LogP contribution in [0.1, 0.15) is 12.8 Å². The Morgan fingerprint density at radius 3 is 2.95 bits per heavy atom. The zero-order valence-electron chi connectivity index (χ0n) is 11.6. The van der Waals surface area contributed by atoms with Crippen LogP contribution in [0.15, 0.2) is 18.2 Å². The Balaban J connectivity index is 1.73. The van der Waals surface area contributed by atoms with Gasteiger partial charge in [0.25, 0.3) is 0 Å². The van der Waals surface area contributed by atoms with E-state index >= 15 is 0 Å². The lowest BCUT2D eigenvalue weighted by Gasteiger charge is -2.31. The van der Waals surface area contributed by atoms with Gasteiger partial charge in [0.05, 0.1) is 5.69 Å². The van der Waals surface area contributed by atoms with Crippen LogP contribution in [-0.2, 0) is 10.2 Å². The van der Waals surface area contributed by atoms with E-state index in [4.69, 9.17) is 15.2 Å². The minimum absolute atomic E-state index is 0.163. The molecule has 1 atom stereocenters. The highest BCUT2D eigenvalue weighted by molar-refractivity contribution is 7.90. The third-order valence-corrected chi connectivity index (χ3v) is 5.28. The van der Waals surface area contributed by atoms with Gasteiger partial charge in [-0.25, -0.2) is 0 Å². The van der Waals surface area contributed by atoms with Crippen molar-refractivity contribution in [2.45, 2.75) is 12.8 Å². The Morgan fingerprint density at radius 1 is 1.33 bits per heavy atom. The second-order valence-electron chi connectivity index (χ2n) is 5.28. The Labute approximate surface area is 124 Å². The number of nitrogens with two attached hydrogens (primary N) is 1. The Hall–Kier alpha value is -1.51. The maximum Gasteiger partial charge on any atom is 0.301 e. The first-order valence-electron chi connectivity index (χ1n) is 6.96. The molecule has 0 aliphatic carbocycles. The van der Waals surface area contributed by atoms with Crippen molar-refractivity contribution in [2.75, 3.05) is 31.1 Å². The molecular formula is C13H19N3O4S. The standard InChI is InChI=1S/C13H19N3O4S/c14-7-10-2-1-5-16(8-10)21(17,18)15-11-3-4-12-13(6-11)20-9-19-12/h3-4,6,10,15H,1-2,5,7-9,14H2. The molecule has 8 heteroatoms. The van der Waals surface area contributed by atoms with Crippen LogP contribution < -0.4 is 19.9 Å². The molecule has 2 aliphatic heterocycles. The zero-order valence-corrected chi connectivity index (χ0v) is 12.4. The largest absolute Gasteiger partial charge is 0.454 e. The summed E-state index contributed by atoms with van der Waals surface area (Å²) >= 11 is 0. The number of nitrogens with zero attached hydrogens (tertiary/aromatic N) is 1. The average Bonchev–Trinajstić information content (AvgIpc) is 2.94.